The molecule has 168 valence electrons. The maximum Gasteiger partial charge on any atom is 0.244 e. The SMILES string of the molecule is CC(C)N1CCC(Nc2ncc3c(n2)N(C2CCCC2)C(=O)[C@]2(CCNC2=O)C3)CC1. The van der Waals surface area contributed by atoms with Gasteiger partial charge in [0.25, 0.3) is 0 Å². The third-order valence-electron chi connectivity index (χ3n) is 7.75. The van der Waals surface area contributed by atoms with Gasteiger partial charge in [-0.2, -0.15) is 4.98 Å². The van der Waals surface area contributed by atoms with Crippen LogP contribution in [0.15, 0.2) is 6.20 Å². The standard InChI is InChI=1S/C23H34N6O2/c1-15(2)28-11-7-17(8-12-28)26-22-25-14-16-13-23(9-10-24-20(23)30)21(31)29(19(16)27-22)18-5-3-4-6-18/h14-15,17-18H,3-13H2,1-2H3,(H,24,30)(H,25,26,27)/t23-/m1/s1. The molecule has 4 heterocycles. The van der Waals surface area contributed by atoms with Gasteiger partial charge in [0.1, 0.15) is 11.2 Å². The lowest BCUT2D eigenvalue weighted by molar-refractivity contribution is -0.140. The number of rotatable bonds is 4. The predicted molar refractivity (Wildman–Crippen MR) is 119 cm³/mol. The van der Waals surface area contributed by atoms with Crippen LogP contribution in [-0.2, 0) is 16.0 Å². The van der Waals surface area contributed by atoms with Gasteiger partial charge in [0.05, 0.1) is 0 Å². The van der Waals surface area contributed by atoms with E-state index < -0.39 is 5.41 Å². The number of hydrogen-bond donors (Lipinski definition) is 2. The second-order valence-electron chi connectivity index (χ2n) is 9.97. The number of nitrogens with one attached hydrogen (secondary N) is 2. The molecule has 0 unspecified atom stereocenters. The van der Waals surface area contributed by atoms with Crippen molar-refractivity contribution in [1.29, 1.82) is 0 Å². The van der Waals surface area contributed by atoms with Gasteiger partial charge in [0.2, 0.25) is 17.8 Å². The quantitative estimate of drug-likeness (QED) is 0.717. The Morgan fingerprint density at radius 3 is 2.55 bits per heavy atom. The van der Waals surface area contributed by atoms with Crippen molar-refractivity contribution in [2.24, 2.45) is 5.41 Å². The molecular formula is C23H34N6O2. The molecule has 8 nitrogen and oxygen atoms in total. The number of hydrogen-bond acceptors (Lipinski definition) is 6. The van der Waals surface area contributed by atoms with Gasteiger partial charge >= 0.3 is 0 Å². The van der Waals surface area contributed by atoms with Crippen LogP contribution in [0, 0.1) is 5.41 Å². The Hall–Kier alpha value is -2.22. The van der Waals surface area contributed by atoms with E-state index in [1.807, 2.05) is 11.1 Å². The minimum atomic E-state index is -0.975. The van der Waals surface area contributed by atoms with Gasteiger partial charge in [-0.15, -0.1) is 0 Å². The lowest BCUT2D eigenvalue weighted by Crippen LogP contribution is -2.56. The second-order valence-corrected chi connectivity index (χ2v) is 9.97. The van der Waals surface area contributed by atoms with Crippen molar-refractivity contribution in [2.45, 2.75) is 83.3 Å². The van der Waals surface area contributed by atoms with Crippen LogP contribution in [-0.4, -0.2) is 64.4 Å². The van der Waals surface area contributed by atoms with Crippen molar-refractivity contribution in [2.75, 3.05) is 29.9 Å². The number of likely N-dealkylation sites (tertiary alicyclic amines) is 1. The van der Waals surface area contributed by atoms with Crippen LogP contribution >= 0.6 is 0 Å². The molecule has 31 heavy (non-hydrogen) atoms. The Balaban J connectivity index is 1.41. The fraction of sp³-hybridized carbons (Fsp3) is 0.739. The number of piperidine rings is 1. The van der Waals surface area contributed by atoms with Gasteiger partial charge in [-0.3, -0.25) is 14.5 Å². The molecule has 0 bridgehead atoms. The summed E-state index contributed by atoms with van der Waals surface area (Å²) in [6.45, 7) is 7.20. The number of carbonyl (C=O) groups excluding carboxylic acids is 2. The van der Waals surface area contributed by atoms with Gasteiger partial charge < -0.3 is 15.5 Å². The smallest absolute Gasteiger partial charge is 0.244 e. The third kappa shape index (κ3) is 3.58. The van der Waals surface area contributed by atoms with Crippen LogP contribution in [0.2, 0.25) is 0 Å². The topological polar surface area (TPSA) is 90.5 Å². The molecule has 0 radical (unpaired) electrons. The normalized spacial score (nSPS) is 27.9. The lowest BCUT2D eigenvalue weighted by Gasteiger charge is -2.41. The molecule has 2 saturated heterocycles. The van der Waals surface area contributed by atoms with E-state index >= 15 is 0 Å². The van der Waals surface area contributed by atoms with Crippen LogP contribution < -0.4 is 15.5 Å². The summed E-state index contributed by atoms with van der Waals surface area (Å²) in [5, 5.41) is 6.41. The van der Waals surface area contributed by atoms with E-state index in [2.05, 4.69) is 34.4 Å². The highest BCUT2D eigenvalue weighted by Crippen LogP contribution is 2.44. The zero-order valence-electron chi connectivity index (χ0n) is 18.7. The molecule has 1 aliphatic carbocycles. The lowest BCUT2D eigenvalue weighted by atomic mass is 9.76. The van der Waals surface area contributed by atoms with Crippen molar-refractivity contribution in [3.63, 3.8) is 0 Å². The fourth-order valence-corrected chi connectivity index (χ4v) is 5.82. The molecule has 2 N–H and O–H groups in total. The molecule has 3 fully saturated rings. The Kier molecular flexibility index (Phi) is 5.36. The van der Waals surface area contributed by atoms with Gasteiger partial charge in [-0.1, -0.05) is 12.8 Å². The van der Waals surface area contributed by atoms with Crippen LogP contribution in [0.4, 0.5) is 11.8 Å². The number of anilines is 2. The first-order chi connectivity index (χ1) is 15.0. The number of aromatic nitrogens is 2. The number of carbonyl (C=O) groups is 2. The first kappa shape index (κ1) is 20.7. The summed E-state index contributed by atoms with van der Waals surface area (Å²) in [5.74, 6) is 1.13. The second kappa shape index (κ2) is 8.04. The molecule has 5 rings (SSSR count). The predicted octanol–water partition coefficient (Wildman–Crippen LogP) is 2.10. The number of fused-ring (bicyclic) bond motifs is 1. The fourth-order valence-electron chi connectivity index (χ4n) is 5.82. The van der Waals surface area contributed by atoms with Crippen molar-refractivity contribution in [1.82, 2.24) is 20.2 Å². The largest absolute Gasteiger partial charge is 0.355 e. The number of amides is 2. The Labute approximate surface area is 184 Å². The summed E-state index contributed by atoms with van der Waals surface area (Å²) in [6.07, 6.45) is 9.12. The van der Waals surface area contributed by atoms with Gasteiger partial charge in [-0.25, -0.2) is 4.98 Å². The third-order valence-corrected chi connectivity index (χ3v) is 7.75. The van der Waals surface area contributed by atoms with E-state index in [1.165, 1.54) is 0 Å². The molecule has 2 amide bonds. The molecular weight excluding hydrogens is 392 g/mol. The molecule has 1 saturated carbocycles. The van der Waals surface area contributed by atoms with E-state index in [1.54, 1.807) is 0 Å². The molecule has 1 spiro atoms. The van der Waals surface area contributed by atoms with Crippen molar-refractivity contribution < 1.29 is 9.59 Å². The van der Waals surface area contributed by atoms with Crippen LogP contribution in [0.1, 0.15) is 64.4 Å². The average molecular weight is 427 g/mol. The number of nitrogens with zero attached hydrogens (tertiary/aromatic N) is 4. The molecule has 4 aliphatic rings. The van der Waals surface area contributed by atoms with Crippen molar-refractivity contribution in [3.05, 3.63) is 11.8 Å². The van der Waals surface area contributed by atoms with Crippen LogP contribution in [0.25, 0.3) is 0 Å². The molecule has 0 aromatic carbocycles. The molecule has 8 heteroatoms. The maximum absolute atomic E-state index is 13.7. The van der Waals surface area contributed by atoms with Crippen LogP contribution in [0.3, 0.4) is 0 Å². The summed E-state index contributed by atoms with van der Waals surface area (Å²) < 4.78 is 0. The van der Waals surface area contributed by atoms with Crippen molar-refractivity contribution in [3.8, 4) is 0 Å². The summed E-state index contributed by atoms with van der Waals surface area (Å²) in [5.41, 5.74) is -0.0545. The zero-order valence-corrected chi connectivity index (χ0v) is 18.7. The Morgan fingerprint density at radius 1 is 1.16 bits per heavy atom. The summed E-state index contributed by atoms with van der Waals surface area (Å²) >= 11 is 0. The minimum absolute atomic E-state index is 0.0585. The van der Waals surface area contributed by atoms with Crippen molar-refractivity contribution >= 4 is 23.6 Å². The Bertz CT molecular complexity index is 860. The van der Waals surface area contributed by atoms with Crippen LogP contribution in [0.5, 0.6) is 0 Å². The Morgan fingerprint density at radius 2 is 1.90 bits per heavy atom. The monoisotopic (exact) mass is 426 g/mol. The molecule has 1 atom stereocenters. The molecule has 1 aromatic rings. The summed E-state index contributed by atoms with van der Waals surface area (Å²) in [6, 6.07) is 1.06. The first-order valence-corrected chi connectivity index (χ1v) is 12.0. The first-order valence-electron chi connectivity index (χ1n) is 12.0. The average Bonchev–Trinajstić information content (AvgIpc) is 3.41. The van der Waals surface area contributed by atoms with E-state index in [0.29, 0.717) is 37.4 Å². The highest BCUT2D eigenvalue weighted by molar-refractivity contribution is 6.14. The summed E-state index contributed by atoms with van der Waals surface area (Å²) in [7, 11) is 0. The minimum Gasteiger partial charge on any atom is -0.355 e. The molecule has 1 aromatic heterocycles. The van der Waals surface area contributed by atoms with E-state index in [9.17, 15) is 9.59 Å². The highest BCUT2D eigenvalue weighted by atomic mass is 16.2. The summed E-state index contributed by atoms with van der Waals surface area (Å²) in [4.78, 5) is 40.2. The van der Waals surface area contributed by atoms with Gasteiger partial charge in [-0.05, 0) is 46.0 Å². The van der Waals surface area contributed by atoms with E-state index in [0.717, 1.165) is 63.0 Å². The molecule has 3 aliphatic heterocycles. The van der Waals surface area contributed by atoms with E-state index in [4.69, 9.17) is 4.98 Å². The van der Waals surface area contributed by atoms with Gasteiger partial charge in [0, 0.05) is 55.9 Å². The van der Waals surface area contributed by atoms with Gasteiger partial charge in [0.15, 0.2) is 0 Å². The maximum atomic E-state index is 13.7. The highest BCUT2D eigenvalue weighted by Gasteiger charge is 2.56. The zero-order chi connectivity index (χ0) is 21.6. The van der Waals surface area contributed by atoms with E-state index in [-0.39, 0.29) is 17.9 Å².